The van der Waals surface area contributed by atoms with E-state index in [4.69, 9.17) is 25.4 Å². The van der Waals surface area contributed by atoms with Gasteiger partial charge in [0.25, 0.3) is 0 Å². The topological polar surface area (TPSA) is 77.6 Å². The van der Waals surface area contributed by atoms with Crippen LogP contribution in [0.15, 0.2) is 18.2 Å². The molecule has 0 fully saturated rings. The molecular weight excluding hydrogens is 220 g/mol. The Bertz CT molecular complexity index is 380. The molecule has 0 spiro atoms. The molecule has 0 unspecified atom stereocenters. The van der Waals surface area contributed by atoms with E-state index in [0.29, 0.717) is 30.3 Å². The zero-order chi connectivity index (χ0) is 12.7. The van der Waals surface area contributed by atoms with Crippen LogP contribution >= 0.6 is 0 Å². The molecule has 1 aromatic carbocycles. The third-order valence-corrected chi connectivity index (χ3v) is 2.19. The maximum atomic E-state index is 7.39. The molecule has 0 saturated heterocycles. The molecule has 0 saturated carbocycles. The minimum absolute atomic E-state index is 0.00867. The highest BCUT2D eigenvalue weighted by molar-refractivity contribution is 5.95. The number of hydrogen-bond donors (Lipinski definition) is 2. The van der Waals surface area contributed by atoms with Crippen molar-refractivity contribution in [2.24, 2.45) is 5.73 Å². The van der Waals surface area contributed by atoms with Crippen molar-refractivity contribution in [3.8, 4) is 11.5 Å². The lowest BCUT2D eigenvalue weighted by atomic mass is 10.2. The van der Waals surface area contributed by atoms with Crippen LogP contribution < -0.4 is 15.2 Å². The summed E-state index contributed by atoms with van der Waals surface area (Å²) in [6.45, 7) is 1.21. The van der Waals surface area contributed by atoms with Crippen molar-refractivity contribution in [2.75, 3.05) is 27.4 Å². The number of benzene rings is 1. The smallest absolute Gasteiger partial charge is 0.123 e. The highest BCUT2D eigenvalue weighted by Crippen LogP contribution is 2.22. The molecule has 0 radical (unpaired) electrons. The van der Waals surface area contributed by atoms with Crippen LogP contribution in [0.2, 0.25) is 0 Å². The molecular formula is C12H18N2O3. The number of ether oxygens (including phenoxy) is 3. The summed E-state index contributed by atoms with van der Waals surface area (Å²) >= 11 is 0. The molecule has 1 rings (SSSR count). The molecule has 3 N–H and O–H groups in total. The number of nitrogens with two attached hydrogens (primary N) is 1. The van der Waals surface area contributed by atoms with E-state index in [0.717, 1.165) is 6.42 Å². The Morgan fingerprint density at radius 3 is 2.47 bits per heavy atom. The molecule has 5 nitrogen and oxygen atoms in total. The van der Waals surface area contributed by atoms with Gasteiger partial charge in [0.15, 0.2) is 0 Å². The second kappa shape index (κ2) is 6.75. The van der Waals surface area contributed by atoms with Crippen LogP contribution in [-0.4, -0.2) is 33.3 Å². The van der Waals surface area contributed by atoms with Crippen LogP contribution in [0.3, 0.4) is 0 Å². The Morgan fingerprint density at radius 2 is 1.88 bits per heavy atom. The van der Waals surface area contributed by atoms with Crippen molar-refractivity contribution in [3.63, 3.8) is 0 Å². The summed E-state index contributed by atoms with van der Waals surface area (Å²) in [4.78, 5) is 0. The molecule has 0 bridgehead atoms. The molecule has 94 valence electrons. The van der Waals surface area contributed by atoms with E-state index < -0.39 is 0 Å². The maximum Gasteiger partial charge on any atom is 0.123 e. The van der Waals surface area contributed by atoms with E-state index in [1.54, 1.807) is 32.4 Å². The lowest BCUT2D eigenvalue weighted by Crippen LogP contribution is -2.11. The molecule has 0 aliphatic rings. The van der Waals surface area contributed by atoms with Gasteiger partial charge in [0, 0.05) is 31.8 Å². The molecule has 1 aromatic rings. The average Bonchev–Trinajstić information content (AvgIpc) is 2.34. The van der Waals surface area contributed by atoms with Gasteiger partial charge in [-0.25, -0.2) is 0 Å². The minimum atomic E-state index is -0.00867. The molecule has 0 heterocycles. The predicted octanol–water partition coefficient (Wildman–Crippen LogP) is 1.39. The SMILES string of the molecule is COCCCOc1cc(OC)cc(C(=N)N)c1. The zero-order valence-electron chi connectivity index (χ0n) is 10.2. The lowest BCUT2D eigenvalue weighted by Gasteiger charge is -2.10. The van der Waals surface area contributed by atoms with Gasteiger partial charge in [0.05, 0.1) is 13.7 Å². The number of nitrogens with one attached hydrogen (secondary N) is 1. The second-order valence-electron chi connectivity index (χ2n) is 3.51. The van der Waals surface area contributed by atoms with Crippen LogP contribution in [0, 0.1) is 5.41 Å². The number of rotatable bonds is 7. The molecule has 17 heavy (non-hydrogen) atoms. The summed E-state index contributed by atoms with van der Waals surface area (Å²) in [5, 5.41) is 7.39. The van der Waals surface area contributed by atoms with Crippen molar-refractivity contribution in [3.05, 3.63) is 23.8 Å². The van der Waals surface area contributed by atoms with Gasteiger partial charge in [-0.1, -0.05) is 0 Å². The van der Waals surface area contributed by atoms with E-state index in [2.05, 4.69) is 0 Å². The first kappa shape index (κ1) is 13.3. The molecule has 0 aliphatic heterocycles. The van der Waals surface area contributed by atoms with E-state index in [1.807, 2.05) is 0 Å². The first-order chi connectivity index (χ1) is 8.17. The largest absolute Gasteiger partial charge is 0.497 e. The first-order valence-corrected chi connectivity index (χ1v) is 5.32. The summed E-state index contributed by atoms with van der Waals surface area (Å²) in [6.07, 6.45) is 0.809. The van der Waals surface area contributed by atoms with Gasteiger partial charge >= 0.3 is 0 Å². The van der Waals surface area contributed by atoms with Crippen LogP contribution in [-0.2, 0) is 4.74 Å². The number of amidine groups is 1. The van der Waals surface area contributed by atoms with Crippen molar-refractivity contribution in [1.29, 1.82) is 5.41 Å². The molecule has 0 aliphatic carbocycles. The Kier molecular flexibility index (Phi) is 5.29. The first-order valence-electron chi connectivity index (χ1n) is 5.32. The van der Waals surface area contributed by atoms with Crippen molar-refractivity contribution in [1.82, 2.24) is 0 Å². The van der Waals surface area contributed by atoms with Gasteiger partial charge < -0.3 is 19.9 Å². The van der Waals surface area contributed by atoms with E-state index in [-0.39, 0.29) is 5.84 Å². The van der Waals surface area contributed by atoms with Gasteiger partial charge in [0.1, 0.15) is 17.3 Å². The Balaban J connectivity index is 2.70. The van der Waals surface area contributed by atoms with Gasteiger partial charge in [-0.15, -0.1) is 0 Å². The fourth-order valence-electron chi connectivity index (χ4n) is 1.32. The van der Waals surface area contributed by atoms with Crippen molar-refractivity contribution in [2.45, 2.75) is 6.42 Å². The van der Waals surface area contributed by atoms with Gasteiger partial charge in [0.2, 0.25) is 0 Å². The maximum absolute atomic E-state index is 7.39. The zero-order valence-corrected chi connectivity index (χ0v) is 10.2. The fraction of sp³-hybridized carbons (Fsp3) is 0.417. The van der Waals surface area contributed by atoms with Gasteiger partial charge in [-0.3, -0.25) is 5.41 Å². The summed E-state index contributed by atoms with van der Waals surface area (Å²) in [5.41, 5.74) is 6.02. The molecule has 5 heteroatoms. The Labute approximate surface area is 101 Å². The summed E-state index contributed by atoms with van der Waals surface area (Å²) in [7, 11) is 3.22. The number of hydrogen-bond acceptors (Lipinski definition) is 4. The predicted molar refractivity (Wildman–Crippen MR) is 66.0 cm³/mol. The molecule has 0 atom stereocenters. The molecule has 0 amide bonds. The Morgan fingerprint density at radius 1 is 1.18 bits per heavy atom. The summed E-state index contributed by atoms with van der Waals surface area (Å²) in [6, 6.07) is 5.18. The third kappa shape index (κ3) is 4.32. The van der Waals surface area contributed by atoms with Crippen LogP contribution in [0.25, 0.3) is 0 Å². The second-order valence-corrected chi connectivity index (χ2v) is 3.51. The minimum Gasteiger partial charge on any atom is -0.497 e. The standard InChI is InChI=1S/C12H18N2O3/c1-15-4-3-5-17-11-7-9(12(13)14)6-10(8-11)16-2/h6-8H,3-5H2,1-2H3,(H3,13,14). The fourth-order valence-corrected chi connectivity index (χ4v) is 1.32. The number of methoxy groups -OCH3 is 2. The van der Waals surface area contributed by atoms with E-state index in [9.17, 15) is 0 Å². The van der Waals surface area contributed by atoms with Crippen LogP contribution in [0.5, 0.6) is 11.5 Å². The van der Waals surface area contributed by atoms with Crippen molar-refractivity contribution < 1.29 is 14.2 Å². The van der Waals surface area contributed by atoms with Crippen molar-refractivity contribution >= 4 is 5.84 Å². The van der Waals surface area contributed by atoms with Gasteiger partial charge in [-0.05, 0) is 12.1 Å². The average molecular weight is 238 g/mol. The number of nitrogen functional groups attached to an aromatic ring is 1. The third-order valence-electron chi connectivity index (χ3n) is 2.19. The van der Waals surface area contributed by atoms with E-state index >= 15 is 0 Å². The van der Waals surface area contributed by atoms with Crippen LogP contribution in [0.1, 0.15) is 12.0 Å². The summed E-state index contributed by atoms with van der Waals surface area (Å²) < 4.78 is 15.6. The van der Waals surface area contributed by atoms with Crippen LogP contribution in [0.4, 0.5) is 0 Å². The van der Waals surface area contributed by atoms with E-state index in [1.165, 1.54) is 0 Å². The summed E-state index contributed by atoms with van der Waals surface area (Å²) in [5.74, 6) is 1.26. The van der Waals surface area contributed by atoms with Gasteiger partial charge in [-0.2, -0.15) is 0 Å². The normalized spacial score (nSPS) is 10.0. The quantitative estimate of drug-likeness (QED) is 0.427. The highest BCUT2D eigenvalue weighted by atomic mass is 16.5. The monoisotopic (exact) mass is 238 g/mol. The highest BCUT2D eigenvalue weighted by Gasteiger charge is 2.04. The molecule has 0 aromatic heterocycles. The lowest BCUT2D eigenvalue weighted by molar-refractivity contribution is 0.172. The Hall–Kier alpha value is -1.75.